The molecule has 0 saturated carbocycles. The van der Waals surface area contributed by atoms with Gasteiger partial charge in [0.15, 0.2) is 12.6 Å². The predicted octanol–water partition coefficient (Wildman–Crippen LogP) is 4.18. The average Bonchev–Trinajstić information content (AvgIpc) is 2.70. The molecule has 0 fully saturated rings. The quantitative estimate of drug-likeness (QED) is 0.303. The molecule has 0 atom stereocenters. The van der Waals surface area contributed by atoms with Gasteiger partial charge in [-0.05, 0) is 44.6 Å². The second-order valence-electron chi connectivity index (χ2n) is 6.29. The van der Waals surface area contributed by atoms with Crippen LogP contribution in [0.15, 0.2) is 48.3 Å². The molecule has 2 rings (SSSR count). The molecule has 1 aromatic carbocycles. The van der Waals surface area contributed by atoms with Crippen LogP contribution in [0.4, 0.5) is 0 Å². The molecule has 1 aromatic heterocycles. The SMILES string of the molecule is COCOc1c(/C=C/C(=O)c2ccncc2)c(OC)cc(O)c1CC=C(C)C. The van der Waals surface area contributed by atoms with Crippen LogP contribution < -0.4 is 9.47 Å². The highest BCUT2D eigenvalue weighted by atomic mass is 16.7. The number of phenolic OH excluding ortho intramolecular Hbond substituents is 1. The van der Waals surface area contributed by atoms with Crippen LogP contribution in [0.3, 0.4) is 0 Å². The molecule has 28 heavy (non-hydrogen) atoms. The number of carbonyl (C=O) groups excluding carboxylic acids is 1. The number of carbonyl (C=O) groups is 1. The number of methoxy groups -OCH3 is 2. The fraction of sp³-hybridized carbons (Fsp3) is 0.273. The molecule has 0 spiro atoms. The summed E-state index contributed by atoms with van der Waals surface area (Å²) < 4.78 is 16.2. The van der Waals surface area contributed by atoms with E-state index in [2.05, 4.69) is 4.98 Å². The van der Waals surface area contributed by atoms with E-state index in [0.29, 0.717) is 34.6 Å². The second kappa shape index (κ2) is 10.3. The van der Waals surface area contributed by atoms with Crippen LogP contribution >= 0.6 is 0 Å². The van der Waals surface area contributed by atoms with Gasteiger partial charge in [0.2, 0.25) is 0 Å². The van der Waals surface area contributed by atoms with Gasteiger partial charge in [-0.2, -0.15) is 0 Å². The van der Waals surface area contributed by atoms with Gasteiger partial charge in [-0.3, -0.25) is 9.78 Å². The Kier molecular flexibility index (Phi) is 7.77. The minimum absolute atomic E-state index is 0.00638. The first-order valence-corrected chi connectivity index (χ1v) is 8.78. The molecule has 0 unspecified atom stereocenters. The number of hydrogen-bond donors (Lipinski definition) is 1. The van der Waals surface area contributed by atoms with Crippen LogP contribution in [0.1, 0.15) is 35.3 Å². The zero-order valence-corrected chi connectivity index (χ0v) is 16.6. The van der Waals surface area contributed by atoms with Gasteiger partial charge in [-0.1, -0.05) is 11.6 Å². The predicted molar refractivity (Wildman–Crippen MR) is 108 cm³/mol. The molecule has 0 aliphatic carbocycles. The summed E-state index contributed by atoms with van der Waals surface area (Å²) in [7, 11) is 3.00. The van der Waals surface area contributed by atoms with Crippen molar-refractivity contribution in [2.45, 2.75) is 20.3 Å². The van der Waals surface area contributed by atoms with Crippen LogP contribution in [0.5, 0.6) is 17.2 Å². The summed E-state index contributed by atoms with van der Waals surface area (Å²) in [4.78, 5) is 16.3. The van der Waals surface area contributed by atoms with E-state index in [9.17, 15) is 9.90 Å². The summed E-state index contributed by atoms with van der Waals surface area (Å²) in [6.07, 6.45) is 8.64. The van der Waals surface area contributed by atoms with Crippen molar-refractivity contribution in [3.8, 4) is 17.2 Å². The van der Waals surface area contributed by atoms with Crippen LogP contribution in [0.2, 0.25) is 0 Å². The molecule has 0 saturated heterocycles. The molecule has 1 heterocycles. The van der Waals surface area contributed by atoms with Gasteiger partial charge in [-0.25, -0.2) is 0 Å². The first-order valence-electron chi connectivity index (χ1n) is 8.78. The van der Waals surface area contributed by atoms with E-state index in [4.69, 9.17) is 14.2 Å². The van der Waals surface area contributed by atoms with Gasteiger partial charge in [0.1, 0.15) is 17.2 Å². The van der Waals surface area contributed by atoms with Crippen molar-refractivity contribution in [1.29, 1.82) is 0 Å². The maximum Gasteiger partial charge on any atom is 0.188 e. The summed E-state index contributed by atoms with van der Waals surface area (Å²) in [6.45, 7) is 3.95. The minimum Gasteiger partial charge on any atom is -0.507 e. The van der Waals surface area contributed by atoms with Gasteiger partial charge in [0.05, 0.1) is 12.7 Å². The number of rotatable bonds is 9. The lowest BCUT2D eigenvalue weighted by Gasteiger charge is -2.17. The van der Waals surface area contributed by atoms with Crippen molar-refractivity contribution < 1.29 is 24.1 Å². The summed E-state index contributed by atoms with van der Waals surface area (Å²) in [5.74, 6) is 0.678. The topological polar surface area (TPSA) is 77.9 Å². The lowest BCUT2D eigenvalue weighted by Crippen LogP contribution is -2.05. The second-order valence-corrected chi connectivity index (χ2v) is 6.29. The minimum atomic E-state index is -0.180. The third-order valence-corrected chi connectivity index (χ3v) is 3.98. The zero-order chi connectivity index (χ0) is 20.5. The fourth-order valence-electron chi connectivity index (χ4n) is 2.56. The largest absolute Gasteiger partial charge is 0.507 e. The molecular formula is C22H25NO5. The number of nitrogens with zero attached hydrogens (tertiary/aromatic N) is 1. The highest BCUT2D eigenvalue weighted by molar-refractivity contribution is 6.07. The number of allylic oxidation sites excluding steroid dienone is 3. The van der Waals surface area contributed by atoms with Crippen LogP contribution in [-0.2, 0) is 11.2 Å². The molecule has 2 aromatic rings. The average molecular weight is 383 g/mol. The summed E-state index contributed by atoms with van der Waals surface area (Å²) in [5, 5.41) is 10.5. The van der Waals surface area contributed by atoms with E-state index in [1.165, 1.54) is 26.4 Å². The van der Waals surface area contributed by atoms with Crippen LogP contribution in [0, 0.1) is 0 Å². The number of hydrogen-bond acceptors (Lipinski definition) is 6. The molecule has 6 nitrogen and oxygen atoms in total. The maximum atomic E-state index is 12.4. The normalized spacial score (nSPS) is 10.7. The lowest BCUT2D eigenvalue weighted by molar-refractivity contribution is 0.0500. The highest BCUT2D eigenvalue weighted by Gasteiger charge is 2.18. The van der Waals surface area contributed by atoms with Crippen molar-refractivity contribution in [2.75, 3.05) is 21.0 Å². The number of benzene rings is 1. The van der Waals surface area contributed by atoms with Gasteiger partial charge >= 0.3 is 0 Å². The van der Waals surface area contributed by atoms with Crippen molar-refractivity contribution >= 4 is 11.9 Å². The maximum absolute atomic E-state index is 12.4. The van der Waals surface area contributed by atoms with Gasteiger partial charge in [-0.15, -0.1) is 0 Å². The smallest absolute Gasteiger partial charge is 0.188 e. The Morgan fingerprint density at radius 1 is 1.21 bits per heavy atom. The zero-order valence-electron chi connectivity index (χ0n) is 16.6. The number of ether oxygens (including phenoxy) is 3. The molecule has 0 bridgehead atoms. The van der Waals surface area contributed by atoms with Crippen molar-refractivity contribution in [2.24, 2.45) is 0 Å². The van der Waals surface area contributed by atoms with Crippen LogP contribution in [0.25, 0.3) is 6.08 Å². The number of aromatic hydroxyl groups is 1. The van der Waals surface area contributed by atoms with E-state index in [1.54, 1.807) is 30.6 Å². The van der Waals surface area contributed by atoms with Crippen molar-refractivity contribution in [3.63, 3.8) is 0 Å². The Bertz CT molecular complexity index is 868. The molecule has 1 N–H and O–H groups in total. The molecular weight excluding hydrogens is 358 g/mol. The molecule has 148 valence electrons. The van der Waals surface area contributed by atoms with E-state index in [-0.39, 0.29) is 18.3 Å². The monoisotopic (exact) mass is 383 g/mol. The molecule has 0 amide bonds. The van der Waals surface area contributed by atoms with Crippen molar-refractivity contribution in [1.82, 2.24) is 4.98 Å². The number of aromatic nitrogens is 1. The highest BCUT2D eigenvalue weighted by Crippen LogP contribution is 2.40. The van der Waals surface area contributed by atoms with Crippen LogP contribution in [-0.4, -0.2) is 36.9 Å². The van der Waals surface area contributed by atoms with E-state index in [1.807, 2.05) is 19.9 Å². The third-order valence-electron chi connectivity index (χ3n) is 3.98. The Balaban J connectivity index is 2.52. The third kappa shape index (κ3) is 5.44. The Hall–Kier alpha value is -3.12. The number of ketones is 1. The summed E-state index contributed by atoms with van der Waals surface area (Å²) >= 11 is 0. The fourth-order valence-corrected chi connectivity index (χ4v) is 2.56. The van der Waals surface area contributed by atoms with Gasteiger partial charge in [0, 0.05) is 36.7 Å². The molecule has 0 radical (unpaired) electrons. The first-order chi connectivity index (χ1) is 13.5. The van der Waals surface area contributed by atoms with Gasteiger partial charge in [0.25, 0.3) is 0 Å². The molecule has 0 aliphatic rings. The van der Waals surface area contributed by atoms with Gasteiger partial charge < -0.3 is 19.3 Å². The molecule has 6 heteroatoms. The van der Waals surface area contributed by atoms with Crippen molar-refractivity contribution in [3.05, 3.63) is 65.0 Å². The number of phenols is 1. The summed E-state index contributed by atoms with van der Waals surface area (Å²) in [5.41, 5.74) is 2.78. The standard InChI is InChI=1S/C22H25NO5/c1-15(2)5-6-17-20(25)13-21(27-4)18(22(17)28-14-26-3)7-8-19(24)16-9-11-23-12-10-16/h5,7-13,25H,6,14H2,1-4H3/b8-7+. The lowest BCUT2D eigenvalue weighted by atomic mass is 10.0. The molecule has 0 aliphatic heterocycles. The van der Waals surface area contributed by atoms with E-state index in [0.717, 1.165) is 5.57 Å². The van der Waals surface area contributed by atoms with E-state index >= 15 is 0 Å². The Labute approximate surface area is 165 Å². The van der Waals surface area contributed by atoms with E-state index < -0.39 is 0 Å². The Morgan fingerprint density at radius 3 is 2.54 bits per heavy atom. The first kappa shape index (κ1) is 21.2. The summed E-state index contributed by atoms with van der Waals surface area (Å²) in [6, 6.07) is 4.80. The number of pyridine rings is 1. The Morgan fingerprint density at radius 2 is 1.93 bits per heavy atom.